The van der Waals surface area contributed by atoms with Gasteiger partial charge in [-0.1, -0.05) is 29.3 Å². The average Bonchev–Trinajstić information content (AvgIpc) is 3.04. The van der Waals surface area contributed by atoms with Gasteiger partial charge in [0.25, 0.3) is 0 Å². The van der Waals surface area contributed by atoms with Crippen LogP contribution in [0.25, 0.3) is 0 Å². The third-order valence-electron chi connectivity index (χ3n) is 4.50. The minimum atomic E-state index is 0. The number of aliphatic hydroxyl groups excluding tert-OH is 1. The maximum absolute atomic E-state index is 9.64. The largest absolute Gasteiger partial charge is 0.396 e. The molecule has 0 bridgehead atoms. The van der Waals surface area contributed by atoms with E-state index in [1.54, 1.807) is 0 Å². The van der Waals surface area contributed by atoms with Crippen molar-refractivity contribution < 1.29 is 5.11 Å². The molecule has 2 aliphatic rings. The van der Waals surface area contributed by atoms with E-state index in [9.17, 15) is 5.11 Å². The second kappa shape index (κ2) is 4.84. The van der Waals surface area contributed by atoms with Crippen LogP contribution in [0.4, 0.5) is 0 Å². The van der Waals surface area contributed by atoms with Gasteiger partial charge < -0.3 is 10.4 Å². The highest BCUT2D eigenvalue weighted by Gasteiger charge is 2.68. The quantitative estimate of drug-likeness (QED) is 0.880. The van der Waals surface area contributed by atoms with Gasteiger partial charge in [-0.25, -0.2) is 0 Å². The molecule has 0 radical (unpaired) electrons. The van der Waals surface area contributed by atoms with E-state index < -0.39 is 0 Å². The Bertz CT molecular complexity index is 468. The van der Waals surface area contributed by atoms with E-state index in [2.05, 4.69) is 11.4 Å². The Morgan fingerprint density at radius 2 is 2.06 bits per heavy atom. The van der Waals surface area contributed by atoms with Crippen LogP contribution in [0.5, 0.6) is 0 Å². The number of hydrogen-bond acceptors (Lipinski definition) is 2. The van der Waals surface area contributed by atoms with Crippen LogP contribution in [0.15, 0.2) is 18.2 Å². The first-order valence-electron chi connectivity index (χ1n) is 5.91. The van der Waals surface area contributed by atoms with Gasteiger partial charge in [0.15, 0.2) is 0 Å². The molecule has 2 atom stereocenters. The summed E-state index contributed by atoms with van der Waals surface area (Å²) < 4.78 is 0. The van der Waals surface area contributed by atoms with Gasteiger partial charge in [0, 0.05) is 17.4 Å². The maximum Gasteiger partial charge on any atom is 0.0595 e. The molecule has 3 rings (SSSR count). The molecule has 2 N–H and O–H groups in total. The fourth-order valence-electron chi connectivity index (χ4n) is 3.36. The summed E-state index contributed by atoms with van der Waals surface area (Å²) in [6, 6.07) is 5.88. The second-order valence-electron chi connectivity index (χ2n) is 5.25. The lowest BCUT2D eigenvalue weighted by atomic mass is 9.81. The Morgan fingerprint density at radius 1 is 1.28 bits per heavy atom. The molecule has 1 aliphatic carbocycles. The van der Waals surface area contributed by atoms with E-state index in [1.807, 2.05) is 12.1 Å². The zero-order chi connectivity index (χ0) is 12.1. The van der Waals surface area contributed by atoms with E-state index >= 15 is 0 Å². The van der Waals surface area contributed by atoms with Gasteiger partial charge >= 0.3 is 0 Å². The van der Waals surface area contributed by atoms with Crippen molar-refractivity contribution in [2.24, 2.45) is 5.41 Å². The van der Waals surface area contributed by atoms with Crippen LogP contribution in [0.1, 0.15) is 18.4 Å². The monoisotopic (exact) mass is 307 g/mol. The van der Waals surface area contributed by atoms with E-state index in [0.717, 1.165) is 25.9 Å². The predicted molar refractivity (Wildman–Crippen MR) is 77.0 cm³/mol. The van der Waals surface area contributed by atoms with Crippen molar-refractivity contribution in [3.63, 3.8) is 0 Å². The molecule has 1 saturated heterocycles. The summed E-state index contributed by atoms with van der Waals surface area (Å²) in [5.74, 6) is 0. The molecule has 1 aromatic rings. The molecular weight excluding hydrogens is 293 g/mol. The van der Waals surface area contributed by atoms with Crippen LogP contribution in [0.3, 0.4) is 0 Å². The molecule has 5 heteroatoms. The van der Waals surface area contributed by atoms with Crippen LogP contribution < -0.4 is 5.32 Å². The van der Waals surface area contributed by atoms with Gasteiger partial charge in [-0.2, -0.15) is 0 Å². The van der Waals surface area contributed by atoms with Crippen molar-refractivity contribution in [2.45, 2.75) is 18.3 Å². The van der Waals surface area contributed by atoms with Crippen molar-refractivity contribution in [1.82, 2.24) is 5.32 Å². The normalized spacial score (nSPS) is 33.5. The average molecular weight is 309 g/mol. The van der Waals surface area contributed by atoms with Crippen molar-refractivity contribution in [3.05, 3.63) is 33.8 Å². The lowest BCUT2D eigenvalue weighted by molar-refractivity contribution is 0.169. The van der Waals surface area contributed by atoms with Gasteiger partial charge in [0.05, 0.1) is 16.7 Å². The molecule has 0 spiro atoms. The highest BCUT2D eigenvalue weighted by molar-refractivity contribution is 6.42. The van der Waals surface area contributed by atoms with Crippen molar-refractivity contribution in [2.75, 3.05) is 19.7 Å². The summed E-state index contributed by atoms with van der Waals surface area (Å²) >= 11 is 12.0. The summed E-state index contributed by atoms with van der Waals surface area (Å²) in [6.07, 6.45) is 2.10. The Morgan fingerprint density at radius 3 is 2.72 bits per heavy atom. The fourth-order valence-corrected chi connectivity index (χ4v) is 3.66. The second-order valence-corrected chi connectivity index (χ2v) is 6.07. The molecule has 2 fully saturated rings. The molecule has 0 aromatic heterocycles. The number of aliphatic hydroxyl groups is 1. The summed E-state index contributed by atoms with van der Waals surface area (Å²) in [5, 5.41) is 14.2. The fraction of sp³-hybridized carbons (Fsp3) is 0.538. The summed E-state index contributed by atoms with van der Waals surface area (Å²) in [4.78, 5) is 0. The van der Waals surface area contributed by atoms with Gasteiger partial charge in [0.2, 0.25) is 0 Å². The number of hydrogen-bond donors (Lipinski definition) is 2. The van der Waals surface area contributed by atoms with Crippen molar-refractivity contribution >= 4 is 35.6 Å². The van der Waals surface area contributed by atoms with Crippen LogP contribution in [-0.4, -0.2) is 24.8 Å². The summed E-state index contributed by atoms with van der Waals surface area (Å²) in [7, 11) is 0. The molecule has 100 valence electrons. The van der Waals surface area contributed by atoms with Crippen LogP contribution in [-0.2, 0) is 5.41 Å². The van der Waals surface area contributed by atoms with Gasteiger partial charge in [0.1, 0.15) is 0 Å². The minimum absolute atomic E-state index is 0. The summed E-state index contributed by atoms with van der Waals surface area (Å²) in [6.45, 7) is 2.13. The predicted octanol–water partition coefficient (Wildman–Crippen LogP) is 3.03. The molecule has 2 unspecified atom stereocenters. The maximum atomic E-state index is 9.64. The van der Waals surface area contributed by atoms with Crippen molar-refractivity contribution in [1.29, 1.82) is 0 Å². The first-order valence-corrected chi connectivity index (χ1v) is 6.66. The summed E-state index contributed by atoms with van der Waals surface area (Å²) in [5.41, 5.74) is 1.35. The van der Waals surface area contributed by atoms with Gasteiger partial charge in [-0.15, -0.1) is 12.4 Å². The van der Waals surface area contributed by atoms with E-state index in [-0.39, 0.29) is 29.8 Å². The Balaban J connectivity index is 0.00000120. The van der Waals surface area contributed by atoms with E-state index in [0.29, 0.717) is 10.0 Å². The van der Waals surface area contributed by atoms with Crippen molar-refractivity contribution in [3.8, 4) is 0 Å². The van der Waals surface area contributed by atoms with Crippen LogP contribution in [0, 0.1) is 5.41 Å². The van der Waals surface area contributed by atoms with E-state index in [4.69, 9.17) is 23.2 Å². The molecular formula is C13H16Cl3NO. The zero-order valence-corrected chi connectivity index (χ0v) is 12.2. The SMILES string of the molecule is Cl.OCC12CNCCC1(c1ccc(Cl)c(Cl)c1)C2. The standard InChI is InChI=1S/C13H15Cl2NO.ClH/c14-10-2-1-9(5-11(10)15)13-3-4-16-7-12(13,6-13)8-17;/h1-2,5,16-17H,3-4,6-8H2;1H. The zero-order valence-electron chi connectivity index (χ0n) is 9.88. The minimum Gasteiger partial charge on any atom is -0.396 e. The lowest BCUT2D eigenvalue weighted by Crippen LogP contribution is -2.40. The number of piperidine rings is 1. The molecule has 2 nitrogen and oxygen atoms in total. The molecule has 1 heterocycles. The molecule has 0 amide bonds. The first kappa shape index (κ1) is 14.4. The number of rotatable bonds is 2. The highest BCUT2D eigenvalue weighted by Crippen LogP contribution is 2.67. The third-order valence-corrected chi connectivity index (χ3v) is 5.24. The van der Waals surface area contributed by atoms with Gasteiger partial charge in [-0.3, -0.25) is 0 Å². The van der Waals surface area contributed by atoms with Crippen LogP contribution >= 0.6 is 35.6 Å². The first-order chi connectivity index (χ1) is 8.13. The number of halogens is 3. The number of benzene rings is 1. The van der Waals surface area contributed by atoms with Crippen LogP contribution in [0.2, 0.25) is 10.0 Å². The number of nitrogens with one attached hydrogen (secondary N) is 1. The van der Waals surface area contributed by atoms with Gasteiger partial charge in [-0.05, 0) is 37.1 Å². The molecule has 1 saturated carbocycles. The Hall–Kier alpha value is 0.01000. The van der Waals surface area contributed by atoms with E-state index in [1.165, 1.54) is 5.56 Å². The molecule has 18 heavy (non-hydrogen) atoms. The Kier molecular flexibility index (Phi) is 3.88. The Labute approximate surface area is 123 Å². The lowest BCUT2D eigenvalue weighted by Gasteiger charge is -2.30. The smallest absolute Gasteiger partial charge is 0.0595 e. The molecule has 1 aliphatic heterocycles. The highest BCUT2D eigenvalue weighted by atomic mass is 35.5. The number of fused-ring (bicyclic) bond motifs is 1. The topological polar surface area (TPSA) is 32.3 Å². The molecule has 1 aromatic carbocycles. The third kappa shape index (κ3) is 1.86.